The minimum Gasteiger partial charge on any atom is -0.352 e. The predicted octanol–water partition coefficient (Wildman–Crippen LogP) is 5.31. The second-order valence-electron chi connectivity index (χ2n) is 6.10. The molecule has 0 N–H and O–H groups in total. The van der Waals surface area contributed by atoms with Crippen LogP contribution in [0, 0.1) is 5.41 Å². The normalized spacial score (nSPS) is 17.8. The Morgan fingerprint density at radius 1 is 0.789 bits per heavy atom. The number of hydrogen-bond donors (Lipinski definition) is 0. The molecule has 114 valence electrons. The molecule has 0 unspecified atom stereocenters. The van der Waals surface area contributed by atoms with E-state index >= 15 is 0 Å². The van der Waals surface area contributed by atoms with Crippen molar-refractivity contribution in [1.82, 2.24) is 0 Å². The third-order valence-electron chi connectivity index (χ3n) is 4.41. The maximum absolute atomic E-state index is 6.01. The SMILES string of the molecule is CCCCC(CCCC)(CCCC)C1OCCCO1. The van der Waals surface area contributed by atoms with Gasteiger partial charge in [0.05, 0.1) is 13.2 Å². The first-order valence-electron chi connectivity index (χ1n) is 8.52. The Morgan fingerprint density at radius 2 is 1.21 bits per heavy atom. The molecule has 0 aromatic rings. The maximum Gasteiger partial charge on any atom is 0.163 e. The van der Waals surface area contributed by atoms with Crippen LogP contribution in [0.2, 0.25) is 0 Å². The van der Waals surface area contributed by atoms with Crippen LogP contribution >= 0.6 is 0 Å². The van der Waals surface area contributed by atoms with Gasteiger partial charge in [0.2, 0.25) is 0 Å². The van der Waals surface area contributed by atoms with E-state index in [-0.39, 0.29) is 11.7 Å². The van der Waals surface area contributed by atoms with Gasteiger partial charge in [-0.1, -0.05) is 59.3 Å². The molecule has 1 rings (SSSR count). The van der Waals surface area contributed by atoms with Crippen molar-refractivity contribution in [3.63, 3.8) is 0 Å². The molecule has 0 saturated carbocycles. The van der Waals surface area contributed by atoms with Crippen LogP contribution in [-0.2, 0) is 9.47 Å². The molecule has 0 aliphatic carbocycles. The highest BCUT2D eigenvalue weighted by molar-refractivity contribution is 4.84. The fourth-order valence-corrected chi connectivity index (χ4v) is 3.16. The summed E-state index contributed by atoms with van der Waals surface area (Å²) in [6.45, 7) is 8.63. The first kappa shape index (κ1) is 17.0. The zero-order valence-corrected chi connectivity index (χ0v) is 13.4. The van der Waals surface area contributed by atoms with Crippen molar-refractivity contribution in [3.8, 4) is 0 Å². The van der Waals surface area contributed by atoms with Gasteiger partial charge in [-0.05, 0) is 25.7 Å². The van der Waals surface area contributed by atoms with Crippen molar-refractivity contribution < 1.29 is 9.47 Å². The van der Waals surface area contributed by atoms with E-state index in [1.807, 2.05) is 0 Å². The van der Waals surface area contributed by atoms with Gasteiger partial charge in [-0.2, -0.15) is 0 Å². The molecular weight excluding hydrogens is 236 g/mol. The number of unbranched alkanes of at least 4 members (excludes halogenated alkanes) is 3. The number of ether oxygens (including phenoxy) is 2. The van der Waals surface area contributed by atoms with Crippen molar-refractivity contribution in [3.05, 3.63) is 0 Å². The van der Waals surface area contributed by atoms with Crippen LogP contribution in [-0.4, -0.2) is 19.5 Å². The standard InChI is InChI=1S/C17H34O2/c1-4-7-11-17(12-8-5-2,13-9-6-3)16-18-14-10-15-19-16/h16H,4-15H2,1-3H3. The van der Waals surface area contributed by atoms with Crippen molar-refractivity contribution in [2.75, 3.05) is 13.2 Å². The first-order chi connectivity index (χ1) is 9.29. The van der Waals surface area contributed by atoms with E-state index in [1.165, 1.54) is 57.8 Å². The molecule has 0 atom stereocenters. The molecule has 1 fully saturated rings. The van der Waals surface area contributed by atoms with E-state index in [9.17, 15) is 0 Å². The summed E-state index contributed by atoms with van der Waals surface area (Å²) in [6, 6.07) is 0. The maximum atomic E-state index is 6.01. The summed E-state index contributed by atoms with van der Waals surface area (Å²) in [5, 5.41) is 0. The van der Waals surface area contributed by atoms with Crippen molar-refractivity contribution in [1.29, 1.82) is 0 Å². The van der Waals surface area contributed by atoms with Gasteiger partial charge in [0.15, 0.2) is 6.29 Å². The Bertz CT molecular complexity index is 188. The third kappa shape index (κ3) is 5.43. The third-order valence-corrected chi connectivity index (χ3v) is 4.41. The average molecular weight is 270 g/mol. The Balaban J connectivity index is 2.73. The second kappa shape index (κ2) is 9.77. The molecule has 1 saturated heterocycles. The molecule has 0 aromatic heterocycles. The molecule has 0 radical (unpaired) electrons. The van der Waals surface area contributed by atoms with E-state index in [4.69, 9.17) is 9.47 Å². The van der Waals surface area contributed by atoms with Crippen LogP contribution in [0.25, 0.3) is 0 Å². The minimum atomic E-state index is 0.0610. The van der Waals surface area contributed by atoms with Crippen molar-refractivity contribution in [2.45, 2.75) is 91.3 Å². The van der Waals surface area contributed by atoms with Gasteiger partial charge in [-0.3, -0.25) is 0 Å². The van der Waals surface area contributed by atoms with Gasteiger partial charge >= 0.3 is 0 Å². The summed E-state index contributed by atoms with van der Waals surface area (Å²) < 4.78 is 12.0. The predicted molar refractivity (Wildman–Crippen MR) is 81.3 cm³/mol. The molecule has 2 nitrogen and oxygen atoms in total. The fraction of sp³-hybridized carbons (Fsp3) is 1.00. The van der Waals surface area contributed by atoms with Gasteiger partial charge < -0.3 is 9.47 Å². The molecule has 1 heterocycles. The molecule has 0 bridgehead atoms. The van der Waals surface area contributed by atoms with E-state index in [1.54, 1.807) is 0 Å². The van der Waals surface area contributed by atoms with Crippen molar-refractivity contribution in [2.24, 2.45) is 5.41 Å². The van der Waals surface area contributed by atoms with E-state index in [2.05, 4.69) is 20.8 Å². The van der Waals surface area contributed by atoms with Gasteiger partial charge in [0.1, 0.15) is 0 Å². The lowest BCUT2D eigenvalue weighted by atomic mass is 9.73. The van der Waals surface area contributed by atoms with E-state index < -0.39 is 0 Å². The van der Waals surface area contributed by atoms with Crippen LogP contribution in [0.3, 0.4) is 0 Å². The van der Waals surface area contributed by atoms with Gasteiger partial charge in [0.25, 0.3) is 0 Å². The summed E-state index contributed by atoms with van der Waals surface area (Å²) in [5.41, 5.74) is 0.280. The van der Waals surface area contributed by atoms with Crippen molar-refractivity contribution >= 4 is 0 Å². The lowest BCUT2D eigenvalue weighted by molar-refractivity contribution is -0.243. The minimum absolute atomic E-state index is 0.0610. The Hall–Kier alpha value is -0.0800. The highest BCUT2D eigenvalue weighted by atomic mass is 16.7. The molecule has 1 aliphatic rings. The Labute approximate surface area is 120 Å². The van der Waals surface area contributed by atoms with Gasteiger partial charge in [-0.15, -0.1) is 0 Å². The monoisotopic (exact) mass is 270 g/mol. The summed E-state index contributed by atoms with van der Waals surface area (Å²) in [4.78, 5) is 0. The van der Waals surface area contributed by atoms with Gasteiger partial charge in [-0.25, -0.2) is 0 Å². The molecular formula is C17H34O2. The molecule has 2 heteroatoms. The highest BCUT2D eigenvalue weighted by Gasteiger charge is 2.39. The summed E-state index contributed by atoms with van der Waals surface area (Å²) in [7, 11) is 0. The number of hydrogen-bond acceptors (Lipinski definition) is 2. The molecule has 1 aliphatic heterocycles. The van der Waals surface area contributed by atoms with Crippen LogP contribution in [0.1, 0.15) is 85.0 Å². The van der Waals surface area contributed by atoms with Crippen LogP contribution in [0.5, 0.6) is 0 Å². The lowest BCUT2D eigenvalue weighted by Crippen LogP contribution is -2.42. The summed E-state index contributed by atoms with van der Waals surface area (Å²) >= 11 is 0. The summed E-state index contributed by atoms with van der Waals surface area (Å²) in [5.74, 6) is 0. The van der Waals surface area contributed by atoms with E-state index in [0.717, 1.165) is 19.6 Å². The zero-order chi connectivity index (χ0) is 14.0. The molecule has 0 amide bonds. The summed E-state index contributed by atoms with van der Waals surface area (Å²) in [6.07, 6.45) is 12.7. The molecule has 0 spiro atoms. The Kier molecular flexibility index (Phi) is 8.72. The zero-order valence-electron chi connectivity index (χ0n) is 13.4. The second-order valence-corrected chi connectivity index (χ2v) is 6.10. The topological polar surface area (TPSA) is 18.5 Å². The fourth-order valence-electron chi connectivity index (χ4n) is 3.16. The smallest absolute Gasteiger partial charge is 0.163 e. The lowest BCUT2D eigenvalue weighted by Gasteiger charge is -2.42. The van der Waals surface area contributed by atoms with Crippen LogP contribution in [0.15, 0.2) is 0 Å². The van der Waals surface area contributed by atoms with Crippen LogP contribution < -0.4 is 0 Å². The average Bonchev–Trinajstić information content (AvgIpc) is 2.48. The largest absolute Gasteiger partial charge is 0.352 e. The van der Waals surface area contributed by atoms with Crippen LogP contribution in [0.4, 0.5) is 0 Å². The highest BCUT2D eigenvalue weighted by Crippen LogP contribution is 2.42. The quantitative estimate of drug-likeness (QED) is 0.536. The van der Waals surface area contributed by atoms with Gasteiger partial charge in [0, 0.05) is 5.41 Å². The Morgan fingerprint density at radius 3 is 1.58 bits per heavy atom. The molecule has 19 heavy (non-hydrogen) atoms. The number of rotatable bonds is 10. The molecule has 0 aromatic carbocycles. The first-order valence-corrected chi connectivity index (χ1v) is 8.52. The van der Waals surface area contributed by atoms with E-state index in [0.29, 0.717) is 0 Å².